The smallest absolute Gasteiger partial charge is 0.414 e. The maximum atomic E-state index is 13.0. The highest BCUT2D eigenvalue weighted by atomic mass is 16.6. The van der Waals surface area contributed by atoms with Crippen LogP contribution in [0.1, 0.15) is 91.6 Å². The molecule has 6 heteroatoms. The summed E-state index contributed by atoms with van der Waals surface area (Å²) in [5.41, 5.74) is 11.8. The van der Waals surface area contributed by atoms with E-state index >= 15 is 0 Å². The summed E-state index contributed by atoms with van der Waals surface area (Å²) in [4.78, 5) is 14.7. The van der Waals surface area contributed by atoms with Crippen molar-refractivity contribution in [2.24, 2.45) is 0 Å². The predicted octanol–water partition coefficient (Wildman–Crippen LogP) is 9.34. The van der Waals surface area contributed by atoms with Crippen LogP contribution in [-0.4, -0.2) is 44.7 Å². The highest BCUT2D eigenvalue weighted by Gasteiger charge is 2.34. The average Bonchev–Trinajstić information content (AvgIpc) is 3.89. The molecule has 0 spiro atoms. The van der Waals surface area contributed by atoms with Gasteiger partial charge in [0.2, 0.25) is 0 Å². The van der Waals surface area contributed by atoms with Crippen molar-refractivity contribution in [1.29, 1.82) is 0 Å². The number of aryl methyl sites for hydroxylation is 5. The van der Waals surface area contributed by atoms with Crippen LogP contribution in [-0.2, 0) is 47.0 Å². The first-order chi connectivity index (χ1) is 24.1. The number of ether oxygens (including phenoxy) is 4. The van der Waals surface area contributed by atoms with Crippen LogP contribution in [0.5, 0.6) is 11.5 Å². The number of carbonyl (C=O) groups excluding carboxylic acids is 1. The van der Waals surface area contributed by atoms with E-state index in [9.17, 15) is 4.79 Å². The number of carbonyl (C=O) groups is 1. The molecule has 0 N–H and O–H groups in total. The Balaban J connectivity index is 1.15. The summed E-state index contributed by atoms with van der Waals surface area (Å²) in [6.45, 7) is 17.7. The molecule has 2 atom stereocenters. The second-order valence-electron chi connectivity index (χ2n) is 14.3. The second-order valence-corrected chi connectivity index (χ2v) is 14.3. The molecule has 0 aliphatic carbocycles. The lowest BCUT2D eigenvalue weighted by Gasteiger charge is -2.30. The molecule has 6 nitrogen and oxygen atoms in total. The summed E-state index contributed by atoms with van der Waals surface area (Å²) in [7, 11) is 0. The molecule has 0 aromatic heterocycles. The number of cyclic esters (lactones) is 1. The molecular weight excluding hydrogens is 622 g/mol. The molecule has 2 unspecified atom stereocenters. The van der Waals surface area contributed by atoms with Gasteiger partial charge in [0.15, 0.2) is 6.10 Å². The number of amides is 1. The van der Waals surface area contributed by atoms with E-state index in [1.165, 1.54) is 50.1 Å². The molecule has 0 saturated carbocycles. The van der Waals surface area contributed by atoms with Crippen molar-refractivity contribution in [2.75, 3.05) is 31.3 Å². The molecule has 0 bridgehead atoms. The molecule has 50 heavy (non-hydrogen) atoms. The zero-order chi connectivity index (χ0) is 35.4. The maximum absolute atomic E-state index is 13.0. The number of rotatable bonds is 15. The Hall–Kier alpha value is -4.29. The highest BCUT2D eigenvalue weighted by molar-refractivity contribution is 5.89. The molecule has 4 aromatic rings. The van der Waals surface area contributed by atoms with Gasteiger partial charge in [-0.25, -0.2) is 4.79 Å². The van der Waals surface area contributed by atoms with Crippen LogP contribution in [0.3, 0.4) is 0 Å². The molecule has 4 aromatic carbocycles. The van der Waals surface area contributed by atoms with Crippen LogP contribution in [0.2, 0.25) is 0 Å². The molecule has 264 valence electrons. The first-order valence-corrected chi connectivity index (χ1v) is 18.5. The van der Waals surface area contributed by atoms with E-state index in [1.54, 1.807) is 4.90 Å². The van der Waals surface area contributed by atoms with Crippen LogP contribution in [0.25, 0.3) is 0 Å². The molecule has 2 heterocycles. The second kappa shape index (κ2) is 15.3. The van der Waals surface area contributed by atoms with Gasteiger partial charge < -0.3 is 18.9 Å². The third kappa shape index (κ3) is 7.86. The summed E-state index contributed by atoms with van der Waals surface area (Å²) in [5.74, 6) is 1.94. The third-order valence-corrected chi connectivity index (χ3v) is 10.3. The number of anilines is 1. The molecule has 6 rings (SSSR count). The maximum Gasteiger partial charge on any atom is 0.414 e. The van der Waals surface area contributed by atoms with Gasteiger partial charge >= 0.3 is 6.09 Å². The SMILES string of the molecule is CCc1cc(C(C)(C)c2cc(CC)c(OCC3CN(c4ccc(Cc5ccc(C)cc5)cc4)C(=O)O3)c(CC)c2)cc(CC)c1OCC1CO1. The zero-order valence-electron chi connectivity index (χ0n) is 30.9. The van der Waals surface area contributed by atoms with E-state index in [-0.39, 0.29) is 23.7 Å². The summed E-state index contributed by atoms with van der Waals surface area (Å²) in [5, 5.41) is 0. The van der Waals surface area contributed by atoms with Gasteiger partial charge in [0.25, 0.3) is 0 Å². The standard InChI is InChI=1S/C44H53NO5/c1-8-32-21-36(44(6,7)37-23-34(10-3)42(35(11-4)24-37)49-28-40-27-47-40)22-33(9-2)41(32)48-26-39-25-45(43(46)50-39)38-18-16-31(17-19-38)20-30-14-12-29(5)13-15-30/h12-19,21-24,39-40H,8-11,20,25-28H2,1-7H3. The van der Waals surface area contributed by atoms with E-state index in [2.05, 4.69) is 109 Å². The highest BCUT2D eigenvalue weighted by Crippen LogP contribution is 2.40. The van der Waals surface area contributed by atoms with E-state index in [4.69, 9.17) is 18.9 Å². The van der Waals surface area contributed by atoms with Gasteiger partial charge in [0.05, 0.1) is 13.2 Å². The summed E-state index contributed by atoms with van der Waals surface area (Å²) in [6.07, 6.45) is 3.90. The van der Waals surface area contributed by atoms with E-state index in [0.29, 0.717) is 19.8 Å². The third-order valence-electron chi connectivity index (χ3n) is 10.3. The average molecular weight is 676 g/mol. The molecule has 2 fully saturated rings. The van der Waals surface area contributed by atoms with Crippen molar-refractivity contribution in [3.8, 4) is 11.5 Å². The first kappa shape index (κ1) is 35.5. The minimum absolute atomic E-state index is 0.227. The van der Waals surface area contributed by atoms with Crippen LogP contribution < -0.4 is 14.4 Å². The summed E-state index contributed by atoms with van der Waals surface area (Å²) >= 11 is 0. The Morgan fingerprint density at radius 1 is 0.700 bits per heavy atom. The zero-order valence-corrected chi connectivity index (χ0v) is 30.9. The van der Waals surface area contributed by atoms with E-state index in [0.717, 1.165) is 55.9 Å². The lowest BCUT2D eigenvalue weighted by molar-refractivity contribution is 0.104. The Bertz CT molecular complexity index is 1740. The van der Waals surface area contributed by atoms with Crippen LogP contribution >= 0.6 is 0 Å². The van der Waals surface area contributed by atoms with Gasteiger partial charge in [-0.1, -0.05) is 108 Å². The largest absolute Gasteiger partial charge is 0.490 e. The van der Waals surface area contributed by atoms with Gasteiger partial charge in [-0.15, -0.1) is 0 Å². The number of nitrogens with zero attached hydrogens (tertiary/aromatic N) is 1. The van der Waals surface area contributed by atoms with Crippen molar-refractivity contribution < 1.29 is 23.7 Å². The molecule has 0 radical (unpaired) electrons. The number of benzene rings is 4. The van der Waals surface area contributed by atoms with Gasteiger partial charge in [-0.05, 0) is 95.7 Å². The summed E-state index contributed by atoms with van der Waals surface area (Å²) in [6, 6.07) is 26.1. The van der Waals surface area contributed by atoms with Gasteiger partial charge in [-0.3, -0.25) is 4.90 Å². The van der Waals surface area contributed by atoms with Crippen molar-refractivity contribution in [3.63, 3.8) is 0 Å². The van der Waals surface area contributed by atoms with Crippen molar-refractivity contribution >= 4 is 11.8 Å². The quantitative estimate of drug-likeness (QED) is 0.118. The first-order valence-electron chi connectivity index (χ1n) is 18.5. The van der Waals surface area contributed by atoms with Crippen molar-refractivity contribution in [2.45, 2.75) is 98.2 Å². The Labute approximate surface area is 298 Å². The molecular formula is C44H53NO5. The Morgan fingerprint density at radius 2 is 1.14 bits per heavy atom. The molecule has 1 amide bonds. The minimum Gasteiger partial charge on any atom is -0.490 e. The summed E-state index contributed by atoms with van der Waals surface area (Å²) < 4.78 is 24.0. The molecule has 2 aliphatic heterocycles. The molecule has 2 saturated heterocycles. The lowest BCUT2D eigenvalue weighted by Crippen LogP contribution is -2.27. The van der Waals surface area contributed by atoms with Crippen molar-refractivity contribution in [1.82, 2.24) is 0 Å². The van der Waals surface area contributed by atoms with Crippen LogP contribution in [0, 0.1) is 6.92 Å². The fraction of sp³-hybridized carbons (Fsp3) is 0.432. The Morgan fingerprint density at radius 3 is 1.58 bits per heavy atom. The van der Waals surface area contributed by atoms with Crippen molar-refractivity contribution in [3.05, 3.63) is 123 Å². The Kier molecular flexibility index (Phi) is 10.9. The van der Waals surface area contributed by atoms with Crippen LogP contribution in [0.4, 0.5) is 10.5 Å². The number of epoxide rings is 1. The molecule has 2 aliphatic rings. The van der Waals surface area contributed by atoms with Gasteiger partial charge in [0, 0.05) is 11.1 Å². The lowest BCUT2D eigenvalue weighted by atomic mass is 9.75. The predicted molar refractivity (Wildman–Crippen MR) is 201 cm³/mol. The number of hydrogen-bond donors (Lipinski definition) is 0. The topological polar surface area (TPSA) is 60.5 Å². The van der Waals surface area contributed by atoms with E-state index in [1.807, 2.05) is 12.1 Å². The monoisotopic (exact) mass is 675 g/mol. The fourth-order valence-corrected chi connectivity index (χ4v) is 6.89. The van der Waals surface area contributed by atoms with Gasteiger partial charge in [-0.2, -0.15) is 0 Å². The minimum atomic E-state index is -0.354. The van der Waals surface area contributed by atoms with Gasteiger partial charge in [0.1, 0.15) is 30.8 Å². The number of hydrogen-bond acceptors (Lipinski definition) is 5. The van der Waals surface area contributed by atoms with Crippen LogP contribution in [0.15, 0.2) is 72.8 Å². The fourth-order valence-electron chi connectivity index (χ4n) is 6.89. The van der Waals surface area contributed by atoms with E-state index < -0.39 is 0 Å². The normalized spacial score (nSPS) is 17.2.